The maximum Gasteiger partial charge on any atom is 0.326 e. The Labute approximate surface area is 86.4 Å². The van der Waals surface area contributed by atoms with Crippen LogP contribution in [0.25, 0.3) is 0 Å². The average molecular weight is 219 g/mol. The number of hydrogen-bond donors (Lipinski definition) is 0. The van der Waals surface area contributed by atoms with Crippen molar-refractivity contribution in [3.63, 3.8) is 0 Å². The Hall–Kier alpha value is -0.730. The zero-order chi connectivity index (χ0) is 9.84. The van der Waals surface area contributed by atoms with Gasteiger partial charge in [-0.05, 0) is 30.7 Å². The molecule has 13 heavy (non-hydrogen) atoms. The summed E-state index contributed by atoms with van der Waals surface area (Å²) in [5, 5.41) is 0.644. The van der Waals surface area contributed by atoms with E-state index in [2.05, 4.69) is 0 Å². The summed E-state index contributed by atoms with van der Waals surface area (Å²) in [7, 11) is 0. The first kappa shape index (κ1) is 10.4. The molecule has 0 unspecified atom stereocenters. The minimum absolute atomic E-state index is 0.151. The topological polar surface area (TPSA) is 26.3 Å². The first-order valence-electron chi connectivity index (χ1n) is 3.66. The fourth-order valence-corrected chi connectivity index (χ4v) is 1.01. The van der Waals surface area contributed by atoms with E-state index in [9.17, 15) is 4.79 Å². The molecule has 2 nitrogen and oxygen atoms in total. The molecule has 0 amide bonds. The van der Waals surface area contributed by atoms with Gasteiger partial charge in [-0.2, -0.15) is 0 Å². The number of esters is 1. The molecule has 0 fully saturated rings. The highest BCUT2D eigenvalue weighted by molar-refractivity contribution is 6.31. The number of ether oxygens (including phenoxy) is 1. The normalized spacial score (nSPS) is 9.77. The molecule has 0 bridgehead atoms. The molecule has 0 spiro atoms. The second kappa shape index (κ2) is 4.49. The largest absolute Gasteiger partial charge is 0.426 e. The number of benzene rings is 1. The van der Waals surface area contributed by atoms with Crippen molar-refractivity contribution in [2.24, 2.45) is 0 Å². The quantitative estimate of drug-likeness (QED) is 0.434. The van der Waals surface area contributed by atoms with Crippen molar-refractivity contribution in [3.8, 4) is 5.75 Å². The van der Waals surface area contributed by atoms with Gasteiger partial charge in [-0.3, -0.25) is 4.79 Å². The minimum Gasteiger partial charge on any atom is -0.426 e. The zero-order valence-electron chi connectivity index (χ0n) is 7.01. The SMILES string of the molecule is Cc1cc(OC(=O)CCl)ccc1Cl. The summed E-state index contributed by atoms with van der Waals surface area (Å²) < 4.78 is 4.87. The van der Waals surface area contributed by atoms with E-state index in [1.165, 1.54) is 0 Å². The number of aryl methyl sites for hydroxylation is 1. The van der Waals surface area contributed by atoms with Gasteiger partial charge in [0.25, 0.3) is 0 Å². The molecule has 0 aliphatic carbocycles. The molecular formula is C9H8Cl2O2. The minimum atomic E-state index is -0.469. The highest BCUT2D eigenvalue weighted by Gasteiger charge is 2.03. The monoisotopic (exact) mass is 218 g/mol. The van der Waals surface area contributed by atoms with Crippen LogP contribution in [0.1, 0.15) is 5.56 Å². The molecule has 0 radical (unpaired) electrons. The number of carbonyl (C=O) groups is 1. The van der Waals surface area contributed by atoms with Crippen LogP contribution in [-0.4, -0.2) is 11.8 Å². The average Bonchev–Trinajstić information content (AvgIpc) is 2.11. The van der Waals surface area contributed by atoms with Crippen LogP contribution in [0.15, 0.2) is 18.2 Å². The third-order valence-electron chi connectivity index (χ3n) is 1.47. The lowest BCUT2D eigenvalue weighted by Gasteiger charge is -2.03. The fourth-order valence-electron chi connectivity index (χ4n) is 0.839. The van der Waals surface area contributed by atoms with Crippen LogP contribution >= 0.6 is 23.2 Å². The van der Waals surface area contributed by atoms with Gasteiger partial charge in [0.15, 0.2) is 0 Å². The number of carbonyl (C=O) groups excluding carboxylic acids is 1. The molecule has 0 atom stereocenters. The lowest BCUT2D eigenvalue weighted by atomic mass is 10.2. The van der Waals surface area contributed by atoms with Crippen molar-refractivity contribution in [3.05, 3.63) is 28.8 Å². The summed E-state index contributed by atoms with van der Waals surface area (Å²) in [5.41, 5.74) is 0.863. The van der Waals surface area contributed by atoms with Gasteiger partial charge in [0.2, 0.25) is 0 Å². The van der Waals surface area contributed by atoms with Crippen molar-refractivity contribution >= 4 is 29.2 Å². The van der Waals surface area contributed by atoms with E-state index >= 15 is 0 Å². The Morgan fingerprint density at radius 3 is 2.77 bits per heavy atom. The van der Waals surface area contributed by atoms with Crippen LogP contribution in [0.4, 0.5) is 0 Å². The van der Waals surface area contributed by atoms with Gasteiger partial charge in [-0.1, -0.05) is 11.6 Å². The molecule has 0 heterocycles. The summed E-state index contributed by atoms with van der Waals surface area (Å²) in [6.07, 6.45) is 0. The Balaban J connectivity index is 2.79. The molecule has 70 valence electrons. The van der Waals surface area contributed by atoms with Crippen LogP contribution in [0.5, 0.6) is 5.75 Å². The van der Waals surface area contributed by atoms with Crippen LogP contribution in [-0.2, 0) is 4.79 Å². The zero-order valence-corrected chi connectivity index (χ0v) is 8.52. The van der Waals surface area contributed by atoms with Crippen molar-refractivity contribution in [1.29, 1.82) is 0 Å². The third-order valence-corrected chi connectivity index (χ3v) is 2.11. The maximum absolute atomic E-state index is 10.8. The summed E-state index contributed by atoms with van der Waals surface area (Å²) in [4.78, 5) is 10.8. The van der Waals surface area contributed by atoms with Gasteiger partial charge in [0, 0.05) is 5.02 Å². The Morgan fingerprint density at radius 1 is 1.54 bits per heavy atom. The number of halogens is 2. The smallest absolute Gasteiger partial charge is 0.326 e. The van der Waals surface area contributed by atoms with Crippen molar-refractivity contribution < 1.29 is 9.53 Å². The van der Waals surface area contributed by atoms with E-state index in [0.717, 1.165) is 5.56 Å². The van der Waals surface area contributed by atoms with Crippen LogP contribution in [0, 0.1) is 6.92 Å². The van der Waals surface area contributed by atoms with Gasteiger partial charge in [-0.15, -0.1) is 11.6 Å². The number of hydrogen-bond acceptors (Lipinski definition) is 2. The summed E-state index contributed by atoms with van der Waals surface area (Å²) >= 11 is 11.1. The lowest BCUT2D eigenvalue weighted by molar-refractivity contribution is -0.131. The lowest BCUT2D eigenvalue weighted by Crippen LogP contribution is -2.08. The second-order valence-corrected chi connectivity index (χ2v) is 3.19. The molecule has 1 aromatic rings. The van der Waals surface area contributed by atoms with Crippen molar-refractivity contribution in [1.82, 2.24) is 0 Å². The van der Waals surface area contributed by atoms with Crippen molar-refractivity contribution in [2.75, 3.05) is 5.88 Å². The second-order valence-electron chi connectivity index (χ2n) is 2.52. The number of rotatable bonds is 2. The van der Waals surface area contributed by atoms with Crippen molar-refractivity contribution in [2.45, 2.75) is 6.92 Å². The maximum atomic E-state index is 10.8. The van der Waals surface area contributed by atoms with E-state index in [1.54, 1.807) is 18.2 Å². The standard InChI is InChI=1S/C9H8Cl2O2/c1-6-4-7(2-3-8(6)11)13-9(12)5-10/h2-4H,5H2,1H3. The molecule has 0 aromatic heterocycles. The summed E-state index contributed by atoms with van der Waals surface area (Å²) in [6.45, 7) is 1.83. The van der Waals surface area contributed by atoms with E-state index in [-0.39, 0.29) is 5.88 Å². The molecule has 0 N–H and O–H groups in total. The molecule has 4 heteroatoms. The molecule has 1 rings (SSSR count). The highest BCUT2D eigenvalue weighted by Crippen LogP contribution is 2.21. The Morgan fingerprint density at radius 2 is 2.23 bits per heavy atom. The Bertz CT molecular complexity index is 323. The molecule has 0 saturated heterocycles. The van der Waals surface area contributed by atoms with Gasteiger partial charge in [-0.25, -0.2) is 0 Å². The number of alkyl halides is 1. The predicted octanol–water partition coefficient (Wildman–Crippen LogP) is 2.79. The van der Waals surface area contributed by atoms with Crippen LogP contribution in [0.3, 0.4) is 0 Å². The van der Waals surface area contributed by atoms with E-state index in [0.29, 0.717) is 10.8 Å². The van der Waals surface area contributed by atoms with Gasteiger partial charge >= 0.3 is 5.97 Å². The van der Waals surface area contributed by atoms with Gasteiger partial charge in [0.1, 0.15) is 11.6 Å². The third kappa shape index (κ3) is 2.90. The Kier molecular flexibility index (Phi) is 3.58. The van der Waals surface area contributed by atoms with E-state index in [1.807, 2.05) is 6.92 Å². The molecular weight excluding hydrogens is 211 g/mol. The summed E-state index contributed by atoms with van der Waals surface area (Å²) in [6, 6.07) is 4.99. The molecule has 0 saturated carbocycles. The molecule has 0 aliphatic heterocycles. The van der Waals surface area contributed by atoms with Gasteiger partial charge < -0.3 is 4.74 Å². The van der Waals surface area contributed by atoms with Crippen LogP contribution in [0.2, 0.25) is 5.02 Å². The van der Waals surface area contributed by atoms with Gasteiger partial charge in [0.05, 0.1) is 0 Å². The summed E-state index contributed by atoms with van der Waals surface area (Å²) in [5.74, 6) is -0.155. The first-order valence-corrected chi connectivity index (χ1v) is 4.57. The van der Waals surface area contributed by atoms with Crippen LogP contribution < -0.4 is 4.74 Å². The first-order chi connectivity index (χ1) is 6.13. The highest BCUT2D eigenvalue weighted by atomic mass is 35.5. The molecule has 0 aliphatic rings. The van der Waals surface area contributed by atoms with E-state index < -0.39 is 5.97 Å². The molecule has 1 aromatic carbocycles. The fraction of sp³-hybridized carbons (Fsp3) is 0.222. The predicted molar refractivity (Wildman–Crippen MR) is 52.5 cm³/mol. The van der Waals surface area contributed by atoms with E-state index in [4.69, 9.17) is 27.9 Å².